The van der Waals surface area contributed by atoms with E-state index >= 15 is 0 Å². The molecule has 1 aromatic carbocycles. The minimum atomic E-state index is -0.716. The molecule has 0 bridgehead atoms. The monoisotopic (exact) mass is 307 g/mol. The third kappa shape index (κ3) is 1.71. The van der Waals surface area contributed by atoms with Crippen molar-refractivity contribution in [3.05, 3.63) is 22.0 Å². The van der Waals surface area contributed by atoms with Crippen LogP contribution in [0.15, 0.2) is 15.9 Å². The Morgan fingerprint density at radius 3 is 2.71 bits per heavy atom. The minimum absolute atomic E-state index is 0.0321. The third-order valence-electron chi connectivity index (χ3n) is 3.26. The molecule has 0 amide bonds. The number of nitrogens with one attached hydrogen (secondary N) is 2. The zero-order chi connectivity index (χ0) is 15.3. The molecule has 0 unspecified atom stereocenters. The summed E-state index contributed by atoms with van der Waals surface area (Å²) in [6.07, 6.45) is 0. The molecule has 1 aliphatic rings. The quantitative estimate of drug-likeness (QED) is 0.787. The Morgan fingerprint density at radius 1 is 1.38 bits per heavy atom. The number of aromatic hydroxyl groups is 1. The van der Waals surface area contributed by atoms with Crippen molar-refractivity contribution in [3.63, 3.8) is 0 Å². The molecule has 0 atom stereocenters. The lowest BCUT2D eigenvalue weighted by Crippen LogP contribution is -2.18. The number of rotatable bonds is 2. The molecule has 8 heteroatoms. The van der Waals surface area contributed by atoms with Crippen molar-refractivity contribution in [3.8, 4) is 17.2 Å². The first-order valence-electron chi connectivity index (χ1n) is 5.87. The molecule has 0 fully saturated rings. The van der Waals surface area contributed by atoms with E-state index in [-0.39, 0.29) is 16.4 Å². The van der Waals surface area contributed by atoms with Crippen LogP contribution in [0.4, 0.5) is 5.69 Å². The second-order valence-electron chi connectivity index (χ2n) is 4.34. The Bertz CT molecular complexity index is 885. The number of hydrogen-bond donors (Lipinski definition) is 3. The van der Waals surface area contributed by atoms with Crippen LogP contribution in [0.3, 0.4) is 0 Å². The van der Waals surface area contributed by atoms with Crippen LogP contribution in [-0.4, -0.2) is 35.2 Å². The SMILES string of the molecule is COc1cc2[nH]c(=O)c(O)c3c2c(c1OC)N=C(Cl)C3=N. The molecule has 2 aromatic rings. The fourth-order valence-electron chi connectivity index (χ4n) is 2.35. The minimum Gasteiger partial charge on any atom is -0.503 e. The molecular weight excluding hydrogens is 298 g/mol. The fraction of sp³-hybridized carbons (Fsp3) is 0.154. The highest BCUT2D eigenvalue weighted by Gasteiger charge is 2.29. The van der Waals surface area contributed by atoms with Crippen molar-refractivity contribution in [2.75, 3.05) is 14.2 Å². The standard InChI is InChI=1S/C13H10ClN3O4/c1-20-5-3-4-6-7(10(18)13(19)16-4)8(15)12(14)17-9(6)11(5)21-2/h3,15,18H,1-2H3,(H,16,19). The van der Waals surface area contributed by atoms with Crippen LogP contribution in [0, 0.1) is 5.41 Å². The maximum Gasteiger partial charge on any atom is 0.291 e. The number of aromatic amines is 1. The number of pyridine rings is 1. The second kappa shape index (κ2) is 4.49. The average molecular weight is 308 g/mol. The summed E-state index contributed by atoms with van der Waals surface area (Å²) in [7, 11) is 2.89. The summed E-state index contributed by atoms with van der Waals surface area (Å²) in [4.78, 5) is 18.4. The molecule has 3 N–H and O–H groups in total. The van der Waals surface area contributed by atoms with E-state index in [1.165, 1.54) is 14.2 Å². The van der Waals surface area contributed by atoms with Crippen LogP contribution in [0.1, 0.15) is 5.56 Å². The predicted octanol–water partition coefficient (Wildman–Crippen LogP) is 1.90. The first kappa shape index (κ1) is 13.4. The van der Waals surface area contributed by atoms with Crippen molar-refractivity contribution in [2.24, 2.45) is 4.99 Å². The normalized spacial score (nSPS) is 13.3. The maximum atomic E-state index is 11.8. The van der Waals surface area contributed by atoms with Gasteiger partial charge in [0.15, 0.2) is 22.4 Å². The van der Waals surface area contributed by atoms with Crippen molar-refractivity contribution in [1.29, 1.82) is 5.41 Å². The summed E-state index contributed by atoms with van der Waals surface area (Å²) in [5.74, 6) is 0.0892. The van der Waals surface area contributed by atoms with Gasteiger partial charge in [-0.3, -0.25) is 10.2 Å². The van der Waals surface area contributed by atoms with E-state index in [1.54, 1.807) is 6.07 Å². The molecule has 108 valence electrons. The number of benzene rings is 1. The van der Waals surface area contributed by atoms with Crippen molar-refractivity contribution in [2.45, 2.75) is 0 Å². The maximum absolute atomic E-state index is 11.8. The molecular formula is C13H10ClN3O4. The Kier molecular flexibility index (Phi) is 2.87. The fourth-order valence-corrected chi connectivity index (χ4v) is 2.53. The summed E-state index contributed by atoms with van der Waals surface area (Å²) in [5.41, 5.74) is -0.228. The highest BCUT2D eigenvalue weighted by Crippen LogP contribution is 2.47. The van der Waals surface area contributed by atoms with Gasteiger partial charge in [0.05, 0.1) is 25.3 Å². The summed E-state index contributed by atoms with van der Waals surface area (Å²) < 4.78 is 10.5. The van der Waals surface area contributed by atoms with Gasteiger partial charge in [0, 0.05) is 11.5 Å². The van der Waals surface area contributed by atoms with E-state index in [1.807, 2.05) is 0 Å². The van der Waals surface area contributed by atoms with E-state index < -0.39 is 11.3 Å². The summed E-state index contributed by atoms with van der Waals surface area (Å²) in [5, 5.41) is 18.1. The predicted molar refractivity (Wildman–Crippen MR) is 79.1 cm³/mol. The first-order valence-corrected chi connectivity index (χ1v) is 6.24. The molecule has 0 spiro atoms. The van der Waals surface area contributed by atoms with Crippen LogP contribution in [0.25, 0.3) is 10.9 Å². The van der Waals surface area contributed by atoms with Crippen molar-refractivity contribution in [1.82, 2.24) is 4.98 Å². The molecule has 21 heavy (non-hydrogen) atoms. The van der Waals surface area contributed by atoms with E-state index in [4.69, 9.17) is 26.5 Å². The van der Waals surface area contributed by atoms with E-state index in [0.29, 0.717) is 28.1 Å². The summed E-state index contributed by atoms with van der Waals surface area (Å²) in [6, 6.07) is 1.55. The Balaban J connectivity index is 2.62. The third-order valence-corrected chi connectivity index (χ3v) is 3.53. The van der Waals surface area contributed by atoms with Crippen LogP contribution in [0.5, 0.6) is 17.2 Å². The Labute approximate surface area is 123 Å². The van der Waals surface area contributed by atoms with Gasteiger partial charge in [0.1, 0.15) is 11.4 Å². The lowest BCUT2D eigenvalue weighted by molar-refractivity contribution is 0.356. The van der Waals surface area contributed by atoms with E-state index in [0.717, 1.165) is 0 Å². The second-order valence-corrected chi connectivity index (χ2v) is 4.70. The van der Waals surface area contributed by atoms with Gasteiger partial charge < -0.3 is 19.6 Å². The number of hydrogen-bond acceptors (Lipinski definition) is 6. The summed E-state index contributed by atoms with van der Waals surface area (Å²) in [6.45, 7) is 0. The average Bonchev–Trinajstić information content (AvgIpc) is 2.46. The Morgan fingerprint density at radius 2 is 2.10 bits per heavy atom. The van der Waals surface area contributed by atoms with Gasteiger partial charge in [0.25, 0.3) is 5.56 Å². The number of aliphatic imine (C=N–C) groups is 1. The van der Waals surface area contributed by atoms with E-state index in [2.05, 4.69) is 9.98 Å². The number of nitrogens with zero attached hydrogens (tertiary/aromatic N) is 1. The lowest BCUT2D eigenvalue weighted by atomic mass is 9.99. The van der Waals surface area contributed by atoms with E-state index in [9.17, 15) is 9.90 Å². The first-order chi connectivity index (χ1) is 9.99. The largest absolute Gasteiger partial charge is 0.503 e. The van der Waals surface area contributed by atoms with Crippen LogP contribution in [-0.2, 0) is 0 Å². The topological polar surface area (TPSA) is 108 Å². The highest BCUT2D eigenvalue weighted by atomic mass is 35.5. The molecule has 3 rings (SSSR count). The van der Waals surface area contributed by atoms with Crippen LogP contribution in [0.2, 0.25) is 0 Å². The number of methoxy groups -OCH3 is 2. The molecule has 0 radical (unpaired) electrons. The molecule has 1 aliphatic heterocycles. The molecule has 1 aromatic heterocycles. The van der Waals surface area contributed by atoms with Crippen LogP contribution < -0.4 is 15.0 Å². The number of ether oxygens (including phenoxy) is 2. The van der Waals surface area contributed by atoms with Crippen LogP contribution >= 0.6 is 11.6 Å². The van der Waals surface area contributed by atoms with Gasteiger partial charge in [-0.1, -0.05) is 11.6 Å². The molecule has 0 saturated heterocycles. The number of aromatic nitrogens is 1. The summed E-state index contributed by atoms with van der Waals surface area (Å²) >= 11 is 5.93. The lowest BCUT2D eigenvalue weighted by Gasteiger charge is -2.19. The molecule has 0 saturated carbocycles. The van der Waals surface area contributed by atoms with Crippen molar-refractivity contribution >= 4 is 39.1 Å². The smallest absolute Gasteiger partial charge is 0.291 e. The van der Waals surface area contributed by atoms with Gasteiger partial charge >= 0.3 is 0 Å². The number of H-pyrrole nitrogens is 1. The van der Waals surface area contributed by atoms with Gasteiger partial charge in [-0.15, -0.1) is 0 Å². The van der Waals surface area contributed by atoms with Gasteiger partial charge in [-0.2, -0.15) is 0 Å². The zero-order valence-corrected chi connectivity index (χ0v) is 11.8. The highest BCUT2D eigenvalue weighted by molar-refractivity contribution is 6.86. The Hall–Kier alpha value is -2.54. The molecule has 0 aliphatic carbocycles. The van der Waals surface area contributed by atoms with Gasteiger partial charge in [-0.25, -0.2) is 4.99 Å². The van der Waals surface area contributed by atoms with Gasteiger partial charge in [-0.05, 0) is 0 Å². The number of halogens is 1. The molecule has 2 heterocycles. The van der Waals surface area contributed by atoms with Gasteiger partial charge in [0.2, 0.25) is 0 Å². The zero-order valence-electron chi connectivity index (χ0n) is 11.1. The molecule has 7 nitrogen and oxygen atoms in total. The van der Waals surface area contributed by atoms with Crippen molar-refractivity contribution < 1.29 is 14.6 Å².